The van der Waals surface area contributed by atoms with Crippen LogP contribution in [0.4, 0.5) is 5.95 Å². The Morgan fingerprint density at radius 2 is 1.81 bits per heavy atom. The Kier molecular flexibility index (Phi) is 5.01. The number of anilines is 1. The standard InChI is InChI=1S/C23H23N5O4/c1-30-15-9-7-13(8-10-15)14-11-17-20(18(29)12-14)21(28-23(24-17)25-26-27-28)16-5-4-6-19(31-2)22(16)32-3/h4-10,14,21H,11-12H2,1-3H3,(H,24,25,27)/t14-,21-/m1/s1. The Morgan fingerprint density at radius 1 is 1.00 bits per heavy atom. The number of benzene rings is 2. The van der Waals surface area contributed by atoms with Crippen LogP contribution in [0.25, 0.3) is 0 Å². The highest BCUT2D eigenvalue weighted by Gasteiger charge is 2.41. The first-order valence-corrected chi connectivity index (χ1v) is 10.3. The Labute approximate surface area is 185 Å². The monoisotopic (exact) mass is 433 g/mol. The van der Waals surface area contributed by atoms with Crippen molar-refractivity contribution in [3.8, 4) is 17.2 Å². The van der Waals surface area contributed by atoms with Gasteiger partial charge >= 0.3 is 0 Å². The van der Waals surface area contributed by atoms with Gasteiger partial charge in [0.1, 0.15) is 11.8 Å². The summed E-state index contributed by atoms with van der Waals surface area (Å²) in [5, 5.41) is 15.4. The number of fused-ring (bicyclic) bond motifs is 1. The van der Waals surface area contributed by atoms with E-state index < -0.39 is 6.04 Å². The topological polar surface area (TPSA) is 100 Å². The van der Waals surface area contributed by atoms with Crippen molar-refractivity contribution in [3.63, 3.8) is 0 Å². The lowest BCUT2D eigenvalue weighted by Crippen LogP contribution is -2.33. The number of ketones is 1. The third kappa shape index (κ3) is 3.17. The molecule has 0 bridgehead atoms. The molecule has 1 N–H and O–H groups in total. The number of aromatic nitrogens is 4. The van der Waals surface area contributed by atoms with Crippen LogP contribution in [0.1, 0.15) is 35.9 Å². The second-order valence-corrected chi connectivity index (χ2v) is 7.75. The van der Waals surface area contributed by atoms with E-state index in [1.807, 2.05) is 42.5 Å². The summed E-state index contributed by atoms with van der Waals surface area (Å²) in [6.45, 7) is 0. The van der Waals surface area contributed by atoms with Gasteiger partial charge in [0, 0.05) is 23.3 Å². The van der Waals surface area contributed by atoms with E-state index in [1.54, 1.807) is 26.0 Å². The second kappa shape index (κ2) is 7.99. The predicted molar refractivity (Wildman–Crippen MR) is 116 cm³/mol. The summed E-state index contributed by atoms with van der Waals surface area (Å²) in [6, 6.07) is 13.0. The van der Waals surface area contributed by atoms with Gasteiger partial charge < -0.3 is 19.5 Å². The first-order valence-electron chi connectivity index (χ1n) is 10.3. The summed E-state index contributed by atoms with van der Waals surface area (Å²) in [4.78, 5) is 13.5. The summed E-state index contributed by atoms with van der Waals surface area (Å²) in [7, 11) is 4.81. The molecular weight excluding hydrogens is 410 g/mol. The largest absolute Gasteiger partial charge is 0.497 e. The number of Topliss-reactive ketones (excluding diaryl/α,β-unsaturated/α-hetero) is 1. The van der Waals surface area contributed by atoms with Gasteiger partial charge in [0.2, 0.25) is 5.95 Å². The lowest BCUT2D eigenvalue weighted by atomic mass is 9.77. The van der Waals surface area contributed by atoms with Crippen molar-refractivity contribution in [1.82, 2.24) is 20.2 Å². The van der Waals surface area contributed by atoms with Crippen LogP contribution in [0.2, 0.25) is 0 Å². The normalized spacial score (nSPS) is 19.7. The van der Waals surface area contributed by atoms with Crippen LogP contribution in [-0.4, -0.2) is 47.3 Å². The van der Waals surface area contributed by atoms with Gasteiger partial charge in [-0.15, -0.1) is 0 Å². The van der Waals surface area contributed by atoms with Gasteiger partial charge in [-0.1, -0.05) is 29.4 Å². The molecule has 1 aliphatic heterocycles. The number of nitrogens with zero attached hydrogens (tertiary/aromatic N) is 4. The first kappa shape index (κ1) is 20.0. The fraction of sp³-hybridized carbons (Fsp3) is 0.304. The molecule has 32 heavy (non-hydrogen) atoms. The zero-order valence-electron chi connectivity index (χ0n) is 18.0. The summed E-state index contributed by atoms with van der Waals surface area (Å²) in [5.41, 5.74) is 3.35. The molecule has 2 heterocycles. The average molecular weight is 433 g/mol. The number of carbonyl (C=O) groups is 1. The van der Waals surface area contributed by atoms with Crippen molar-refractivity contribution in [3.05, 3.63) is 64.9 Å². The minimum Gasteiger partial charge on any atom is -0.497 e. The van der Waals surface area contributed by atoms with Crippen molar-refractivity contribution in [2.75, 3.05) is 26.6 Å². The zero-order chi connectivity index (χ0) is 22.2. The summed E-state index contributed by atoms with van der Waals surface area (Å²) in [6.07, 6.45) is 1.07. The molecule has 0 unspecified atom stereocenters. The molecule has 1 aliphatic carbocycles. The number of carbonyl (C=O) groups excluding carboxylic acids is 1. The molecule has 1 aromatic heterocycles. The Morgan fingerprint density at radius 3 is 2.53 bits per heavy atom. The van der Waals surface area contributed by atoms with Gasteiger partial charge in [0.15, 0.2) is 17.3 Å². The molecule has 2 aromatic carbocycles. The molecule has 0 spiro atoms. The maximum absolute atomic E-state index is 13.5. The number of para-hydroxylation sites is 1. The molecule has 0 amide bonds. The number of methoxy groups -OCH3 is 3. The number of nitrogens with one attached hydrogen (secondary N) is 1. The quantitative estimate of drug-likeness (QED) is 0.655. The van der Waals surface area contributed by atoms with Crippen molar-refractivity contribution in [2.24, 2.45) is 0 Å². The van der Waals surface area contributed by atoms with Crippen LogP contribution in [0, 0.1) is 0 Å². The van der Waals surface area contributed by atoms with Crippen molar-refractivity contribution in [1.29, 1.82) is 0 Å². The summed E-state index contributed by atoms with van der Waals surface area (Å²) < 4.78 is 18.0. The third-order valence-electron chi connectivity index (χ3n) is 6.10. The van der Waals surface area contributed by atoms with Crippen molar-refractivity contribution < 1.29 is 19.0 Å². The molecule has 5 rings (SSSR count). The maximum atomic E-state index is 13.5. The van der Waals surface area contributed by atoms with E-state index in [2.05, 4.69) is 20.8 Å². The molecular formula is C23H23N5O4. The number of ether oxygens (including phenoxy) is 3. The second-order valence-electron chi connectivity index (χ2n) is 7.75. The summed E-state index contributed by atoms with van der Waals surface area (Å²) in [5.74, 6) is 2.52. The number of hydrogen-bond donors (Lipinski definition) is 1. The van der Waals surface area contributed by atoms with E-state index in [0.717, 1.165) is 22.6 Å². The number of hydrogen-bond acceptors (Lipinski definition) is 8. The van der Waals surface area contributed by atoms with Gasteiger partial charge in [0.25, 0.3) is 0 Å². The highest BCUT2D eigenvalue weighted by atomic mass is 16.5. The number of rotatable bonds is 5. The molecule has 2 aliphatic rings. The van der Waals surface area contributed by atoms with E-state index in [4.69, 9.17) is 14.2 Å². The van der Waals surface area contributed by atoms with Gasteiger partial charge in [-0.25, -0.2) is 0 Å². The Bertz CT molecular complexity index is 1200. The van der Waals surface area contributed by atoms with Crippen LogP contribution in [0.5, 0.6) is 17.2 Å². The van der Waals surface area contributed by atoms with Gasteiger partial charge in [0.05, 0.1) is 21.3 Å². The highest BCUT2D eigenvalue weighted by Crippen LogP contribution is 2.47. The SMILES string of the molecule is COc1ccc([C@H]2CC(=O)C3=C(C2)Nc2nnnn2[C@@H]3c2cccc(OC)c2OC)cc1. The Balaban J connectivity index is 1.60. The minimum absolute atomic E-state index is 0.0509. The molecule has 2 atom stereocenters. The van der Waals surface area contributed by atoms with E-state index in [9.17, 15) is 4.79 Å². The van der Waals surface area contributed by atoms with Crippen molar-refractivity contribution >= 4 is 11.7 Å². The minimum atomic E-state index is -0.509. The van der Waals surface area contributed by atoms with E-state index >= 15 is 0 Å². The molecule has 0 fully saturated rings. The van der Waals surface area contributed by atoms with Crippen LogP contribution < -0.4 is 19.5 Å². The van der Waals surface area contributed by atoms with Gasteiger partial charge in [-0.05, 0) is 46.5 Å². The lowest BCUT2D eigenvalue weighted by Gasteiger charge is -2.35. The fourth-order valence-corrected chi connectivity index (χ4v) is 4.60. The molecule has 0 radical (unpaired) electrons. The molecule has 9 nitrogen and oxygen atoms in total. The zero-order valence-corrected chi connectivity index (χ0v) is 18.0. The third-order valence-corrected chi connectivity index (χ3v) is 6.10. The number of allylic oxidation sites excluding steroid dienone is 2. The summed E-state index contributed by atoms with van der Waals surface area (Å²) >= 11 is 0. The van der Waals surface area contributed by atoms with Crippen LogP contribution in [-0.2, 0) is 4.79 Å². The van der Waals surface area contributed by atoms with Crippen LogP contribution in [0.15, 0.2) is 53.7 Å². The fourth-order valence-electron chi connectivity index (χ4n) is 4.60. The maximum Gasteiger partial charge on any atom is 0.248 e. The molecule has 3 aromatic rings. The van der Waals surface area contributed by atoms with E-state index in [0.29, 0.717) is 35.9 Å². The average Bonchev–Trinajstić information content (AvgIpc) is 3.30. The molecule has 0 saturated heterocycles. The predicted octanol–water partition coefficient (Wildman–Crippen LogP) is 3.11. The van der Waals surface area contributed by atoms with Crippen LogP contribution >= 0.6 is 0 Å². The Hall–Kier alpha value is -3.88. The smallest absolute Gasteiger partial charge is 0.248 e. The number of tetrazole rings is 1. The van der Waals surface area contributed by atoms with Gasteiger partial charge in [-0.3, -0.25) is 4.79 Å². The van der Waals surface area contributed by atoms with Crippen LogP contribution in [0.3, 0.4) is 0 Å². The molecule has 164 valence electrons. The van der Waals surface area contributed by atoms with Crippen molar-refractivity contribution in [2.45, 2.75) is 24.8 Å². The highest BCUT2D eigenvalue weighted by molar-refractivity contribution is 6.00. The lowest BCUT2D eigenvalue weighted by molar-refractivity contribution is -0.116. The molecule has 0 saturated carbocycles. The first-order chi connectivity index (χ1) is 15.6. The van der Waals surface area contributed by atoms with E-state index in [-0.39, 0.29) is 11.7 Å². The van der Waals surface area contributed by atoms with Gasteiger partial charge in [-0.2, -0.15) is 4.68 Å². The van der Waals surface area contributed by atoms with E-state index in [1.165, 1.54) is 0 Å². The molecule has 9 heteroatoms.